The fourth-order valence-corrected chi connectivity index (χ4v) is 6.04. The Hall–Kier alpha value is -3.53. The number of hydrogen-bond acceptors (Lipinski definition) is 8. The van der Waals surface area contributed by atoms with Crippen LogP contribution in [-0.2, 0) is 0 Å². The van der Waals surface area contributed by atoms with E-state index in [9.17, 15) is 9.90 Å². The lowest BCUT2D eigenvalue weighted by Gasteiger charge is -2.33. The van der Waals surface area contributed by atoms with E-state index in [2.05, 4.69) is 45.0 Å². The van der Waals surface area contributed by atoms with Crippen LogP contribution in [-0.4, -0.2) is 61.7 Å². The predicted octanol–water partition coefficient (Wildman–Crippen LogP) is 5.56. The number of imidazole rings is 1. The summed E-state index contributed by atoms with van der Waals surface area (Å²) in [6.45, 7) is 15.0. The number of hydrogen-bond donors (Lipinski definition) is 2. The number of aliphatic hydroxyl groups is 1. The van der Waals surface area contributed by atoms with E-state index in [0.29, 0.717) is 30.3 Å². The van der Waals surface area contributed by atoms with E-state index >= 15 is 0 Å². The third kappa shape index (κ3) is 5.96. The first-order valence-corrected chi connectivity index (χ1v) is 14.5. The molecule has 2 aliphatic rings. The van der Waals surface area contributed by atoms with Crippen molar-refractivity contribution in [2.75, 3.05) is 18.5 Å². The normalized spacial score (nSPS) is 21.2. The molecular weight excluding hydrogens is 506 g/mol. The summed E-state index contributed by atoms with van der Waals surface area (Å²) < 4.78 is 7.11. The predicted molar refractivity (Wildman–Crippen MR) is 161 cm³/mol. The van der Waals surface area contributed by atoms with Crippen molar-refractivity contribution < 1.29 is 9.63 Å². The number of aliphatic hydroxyl groups excluding tert-OH is 1. The molecule has 0 radical (unpaired) electrons. The third-order valence-corrected chi connectivity index (χ3v) is 7.82. The van der Waals surface area contributed by atoms with E-state index in [1.807, 2.05) is 32.9 Å². The Labute approximate surface area is 235 Å². The van der Waals surface area contributed by atoms with Gasteiger partial charge in [0.25, 0.3) is 0 Å². The van der Waals surface area contributed by atoms with Crippen LogP contribution in [0, 0.1) is 5.92 Å². The van der Waals surface area contributed by atoms with Crippen molar-refractivity contribution in [1.29, 1.82) is 0 Å². The minimum absolute atomic E-state index is 0.143. The highest BCUT2D eigenvalue weighted by Gasteiger charge is 2.35. The molecule has 0 amide bonds. The summed E-state index contributed by atoms with van der Waals surface area (Å²) in [7, 11) is 1.73. The quantitative estimate of drug-likeness (QED) is 0.292. The van der Waals surface area contributed by atoms with Crippen LogP contribution in [0.25, 0.3) is 28.1 Å². The summed E-state index contributed by atoms with van der Waals surface area (Å²) in [6, 6.07) is 2.16. The first kappa shape index (κ1) is 29.5. The summed E-state index contributed by atoms with van der Waals surface area (Å²) in [5.74, 6) is 0.936. The molecular formula is C30H43N7O3. The molecule has 216 valence electrons. The SMILES string of the molecule is C=C(C)/C=C(\C=NC)c1nc(-c2noc(=O)[nH]2)cc2nc(N3CC(O)C[C@H]3C)n(C(C)C3CCCCC3)c12.CC. The molecule has 2 unspecified atom stereocenters. The largest absolute Gasteiger partial charge is 0.439 e. The molecule has 1 aliphatic carbocycles. The van der Waals surface area contributed by atoms with Crippen LogP contribution in [0.5, 0.6) is 0 Å². The highest BCUT2D eigenvalue weighted by atomic mass is 16.5. The topological polar surface area (TPSA) is 125 Å². The van der Waals surface area contributed by atoms with Gasteiger partial charge in [-0.2, -0.15) is 0 Å². The molecule has 0 aromatic carbocycles. The monoisotopic (exact) mass is 549 g/mol. The summed E-state index contributed by atoms with van der Waals surface area (Å²) in [4.78, 5) is 31.0. The summed E-state index contributed by atoms with van der Waals surface area (Å²) in [5, 5.41) is 14.4. The molecule has 3 atom stereocenters. The van der Waals surface area contributed by atoms with Gasteiger partial charge in [-0.1, -0.05) is 50.4 Å². The van der Waals surface area contributed by atoms with E-state index in [4.69, 9.17) is 14.5 Å². The molecule has 2 fully saturated rings. The highest BCUT2D eigenvalue weighted by molar-refractivity contribution is 6.14. The lowest BCUT2D eigenvalue weighted by Crippen LogP contribution is -2.32. The smallest absolute Gasteiger partial charge is 0.391 e. The van der Waals surface area contributed by atoms with Crippen molar-refractivity contribution in [2.45, 2.75) is 91.3 Å². The Kier molecular flexibility index (Phi) is 9.40. The second-order valence-electron chi connectivity index (χ2n) is 10.8. The van der Waals surface area contributed by atoms with E-state index in [0.717, 1.165) is 28.1 Å². The van der Waals surface area contributed by atoms with Gasteiger partial charge in [-0.05, 0) is 58.1 Å². The number of nitrogens with zero attached hydrogens (tertiary/aromatic N) is 6. The number of aliphatic imine (C=N–C) groups is 1. The Morgan fingerprint density at radius 2 is 2.00 bits per heavy atom. The average Bonchev–Trinajstić information content (AvgIpc) is 3.64. The lowest BCUT2D eigenvalue weighted by molar-refractivity contribution is 0.195. The van der Waals surface area contributed by atoms with Gasteiger partial charge in [0.15, 0.2) is 0 Å². The number of aromatic nitrogens is 5. The van der Waals surface area contributed by atoms with Crippen LogP contribution in [0.4, 0.5) is 5.95 Å². The van der Waals surface area contributed by atoms with Crippen molar-refractivity contribution in [2.24, 2.45) is 10.9 Å². The molecule has 2 N–H and O–H groups in total. The summed E-state index contributed by atoms with van der Waals surface area (Å²) in [5.41, 5.74) is 4.41. The second kappa shape index (κ2) is 12.8. The first-order chi connectivity index (χ1) is 19.3. The molecule has 4 heterocycles. The molecule has 0 spiro atoms. The van der Waals surface area contributed by atoms with Gasteiger partial charge in [-0.3, -0.25) is 14.5 Å². The maximum atomic E-state index is 11.8. The minimum atomic E-state index is -0.645. The van der Waals surface area contributed by atoms with Gasteiger partial charge in [0.2, 0.25) is 11.8 Å². The zero-order valence-electron chi connectivity index (χ0n) is 24.6. The standard InChI is InChI=1S/C28H37N7O3.C2H6/c1-16(2)11-20(14-29-5)24-25-22(13-23(30-24)26-32-28(37)38-33-26)31-27(34-15-21(36)12-17(34)3)35(25)18(4)19-9-7-6-8-10-19;1-2/h11,13-14,17-19,21,36H,1,6-10,12,15H2,2-5H3,(H,32,33,37);1-2H3/b20-11+,29-14?;/t17-,18?,21?;/m1./s1. The van der Waals surface area contributed by atoms with Gasteiger partial charge < -0.3 is 14.6 Å². The molecule has 3 aromatic rings. The lowest BCUT2D eigenvalue weighted by atomic mass is 9.84. The number of H-pyrrole nitrogens is 1. The van der Waals surface area contributed by atoms with Crippen molar-refractivity contribution in [3.63, 3.8) is 0 Å². The number of nitrogens with one attached hydrogen (secondary N) is 1. The molecule has 3 aromatic heterocycles. The van der Waals surface area contributed by atoms with Gasteiger partial charge in [0.1, 0.15) is 5.69 Å². The molecule has 10 heteroatoms. The average molecular weight is 550 g/mol. The van der Waals surface area contributed by atoms with Crippen LogP contribution in [0.2, 0.25) is 0 Å². The number of aromatic amines is 1. The molecule has 10 nitrogen and oxygen atoms in total. The Morgan fingerprint density at radius 3 is 2.58 bits per heavy atom. The van der Waals surface area contributed by atoms with Crippen molar-refractivity contribution in [1.82, 2.24) is 24.7 Å². The zero-order chi connectivity index (χ0) is 29.0. The minimum Gasteiger partial charge on any atom is -0.391 e. The molecule has 5 rings (SSSR count). The van der Waals surface area contributed by atoms with Crippen molar-refractivity contribution >= 4 is 28.8 Å². The van der Waals surface area contributed by atoms with E-state index < -0.39 is 11.9 Å². The fraction of sp³-hybridized carbons (Fsp3) is 0.567. The number of anilines is 1. The maximum Gasteiger partial charge on any atom is 0.439 e. The number of rotatable bonds is 7. The van der Waals surface area contributed by atoms with Gasteiger partial charge in [0.05, 0.1) is 22.8 Å². The molecule has 40 heavy (non-hydrogen) atoms. The van der Waals surface area contributed by atoms with Gasteiger partial charge in [0, 0.05) is 37.5 Å². The Bertz CT molecular complexity index is 1440. The van der Waals surface area contributed by atoms with Crippen molar-refractivity contribution in [3.05, 3.63) is 40.5 Å². The third-order valence-electron chi connectivity index (χ3n) is 7.82. The number of fused-ring (bicyclic) bond motifs is 1. The van der Waals surface area contributed by atoms with Crippen LogP contribution in [0.1, 0.15) is 84.9 Å². The second-order valence-corrected chi connectivity index (χ2v) is 10.8. The summed E-state index contributed by atoms with van der Waals surface area (Å²) >= 11 is 0. The van der Waals surface area contributed by atoms with E-state index in [1.165, 1.54) is 32.1 Å². The van der Waals surface area contributed by atoms with Crippen molar-refractivity contribution in [3.8, 4) is 11.5 Å². The molecule has 1 saturated heterocycles. The number of allylic oxidation sites excluding steroid dienone is 3. The van der Waals surface area contributed by atoms with Gasteiger partial charge >= 0.3 is 5.76 Å². The first-order valence-electron chi connectivity index (χ1n) is 14.5. The number of β-amino-alcohol motifs (C(OH)–C–C–N with tert-alkyl or cyclic N) is 1. The molecule has 1 aliphatic heterocycles. The van der Waals surface area contributed by atoms with Crippen LogP contribution in [0.3, 0.4) is 0 Å². The van der Waals surface area contributed by atoms with Crippen LogP contribution < -0.4 is 10.7 Å². The van der Waals surface area contributed by atoms with E-state index in [1.54, 1.807) is 13.3 Å². The van der Waals surface area contributed by atoms with Gasteiger partial charge in [-0.15, -0.1) is 0 Å². The number of pyridine rings is 1. The van der Waals surface area contributed by atoms with Gasteiger partial charge in [-0.25, -0.2) is 14.8 Å². The molecule has 0 bridgehead atoms. The zero-order valence-corrected chi connectivity index (χ0v) is 24.6. The van der Waals surface area contributed by atoms with Crippen LogP contribution in [0.15, 0.2) is 38.6 Å². The Balaban J connectivity index is 0.00000181. The highest BCUT2D eigenvalue weighted by Crippen LogP contribution is 2.41. The van der Waals surface area contributed by atoms with E-state index in [-0.39, 0.29) is 17.9 Å². The summed E-state index contributed by atoms with van der Waals surface area (Å²) in [6.07, 6.45) is 10.1. The molecule has 1 saturated carbocycles. The fourth-order valence-electron chi connectivity index (χ4n) is 6.04. The maximum absolute atomic E-state index is 11.8. The van der Waals surface area contributed by atoms with Crippen LogP contribution >= 0.6 is 0 Å². The Morgan fingerprint density at radius 1 is 1.27 bits per heavy atom.